The van der Waals surface area contributed by atoms with Crippen molar-refractivity contribution in [3.63, 3.8) is 0 Å². The Morgan fingerprint density at radius 3 is 2.61 bits per heavy atom. The van der Waals surface area contributed by atoms with Crippen molar-refractivity contribution in [3.8, 4) is 11.5 Å². The zero-order valence-electron chi connectivity index (χ0n) is 18.1. The Bertz CT molecular complexity index is 924. The lowest BCUT2D eigenvalue weighted by Crippen LogP contribution is -2.42. The summed E-state index contributed by atoms with van der Waals surface area (Å²) in [7, 11) is 3.28. The number of nitrogens with zero attached hydrogens (tertiary/aromatic N) is 2. The third kappa shape index (κ3) is 4.39. The Morgan fingerprint density at radius 1 is 1.19 bits per heavy atom. The summed E-state index contributed by atoms with van der Waals surface area (Å²) in [4.78, 5) is 29.3. The van der Waals surface area contributed by atoms with Crippen molar-refractivity contribution in [2.45, 2.75) is 30.4 Å². The van der Waals surface area contributed by atoms with Crippen LogP contribution in [-0.2, 0) is 4.79 Å². The van der Waals surface area contributed by atoms with Crippen LogP contribution in [0.1, 0.15) is 41.3 Å². The highest BCUT2D eigenvalue weighted by molar-refractivity contribution is 8.01. The van der Waals surface area contributed by atoms with Crippen LogP contribution in [0.15, 0.2) is 41.0 Å². The second-order valence-electron chi connectivity index (χ2n) is 7.94. The van der Waals surface area contributed by atoms with Gasteiger partial charge in [-0.15, -0.1) is 11.8 Å². The van der Waals surface area contributed by atoms with E-state index in [1.165, 1.54) is 6.26 Å². The number of hydrogen-bond acceptors (Lipinski definition) is 6. The van der Waals surface area contributed by atoms with Gasteiger partial charge in [0, 0.05) is 25.2 Å². The minimum Gasteiger partial charge on any atom is -0.497 e. The number of ether oxygens (including phenoxy) is 2. The van der Waals surface area contributed by atoms with Gasteiger partial charge in [-0.2, -0.15) is 0 Å². The number of thioether (sulfide) groups is 1. The van der Waals surface area contributed by atoms with Gasteiger partial charge in [0.2, 0.25) is 5.91 Å². The van der Waals surface area contributed by atoms with E-state index in [0.717, 1.165) is 29.9 Å². The highest BCUT2D eigenvalue weighted by Crippen LogP contribution is 2.47. The number of carbonyl (C=O) groups excluding carboxylic acids is 2. The number of carbonyl (C=O) groups is 2. The normalized spacial score (nSPS) is 22.1. The van der Waals surface area contributed by atoms with E-state index in [-0.39, 0.29) is 22.4 Å². The van der Waals surface area contributed by atoms with E-state index >= 15 is 0 Å². The fraction of sp³-hybridized carbons (Fsp3) is 0.478. The molecule has 166 valence electrons. The van der Waals surface area contributed by atoms with Gasteiger partial charge in [0.05, 0.1) is 25.7 Å². The standard InChI is InChI=1S/C23H28N2O5S/c1-15-21(26)25(23(31-15)18-13-17(28-2)6-7-19(18)29-3)14-16-8-10-24(11-9-16)22(27)20-5-4-12-30-20/h4-7,12-13,15-16,23H,8-11,14H2,1-3H3. The minimum atomic E-state index is -0.115. The predicted molar refractivity (Wildman–Crippen MR) is 118 cm³/mol. The molecule has 0 saturated carbocycles. The van der Waals surface area contributed by atoms with Crippen molar-refractivity contribution in [1.29, 1.82) is 0 Å². The quantitative estimate of drug-likeness (QED) is 0.675. The number of likely N-dealkylation sites (tertiary alicyclic amines) is 1. The summed E-state index contributed by atoms with van der Waals surface area (Å²) in [6.45, 7) is 3.96. The molecule has 1 aromatic heterocycles. The average molecular weight is 445 g/mol. The maximum atomic E-state index is 13.0. The molecule has 7 nitrogen and oxygen atoms in total. The zero-order valence-corrected chi connectivity index (χ0v) is 18.9. The summed E-state index contributed by atoms with van der Waals surface area (Å²) in [5, 5.41) is -0.225. The van der Waals surface area contributed by atoms with E-state index in [1.54, 1.807) is 38.1 Å². The second kappa shape index (κ2) is 9.26. The highest BCUT2D eigenvalue weighted by atomic mass is 32.2. The van der Waals surface area contributed by atoms with Crippen LogP contribution in [0.2, 0.25) is 0 Å². The molecule has 2 unspecified atom stereocenters. The van der Waals surface area contributed by atoms with E-state index in [2.05, 4.69) is 0 Å². The number of furan rings is 1. The molecule has 2 aliphatic rings. The molecular weight excluding hydrogens is 416 g/mol. The molecule has 8 heteroatoms. The monoisotopic (exact) mass is 444 g/mol. The van der Waals surface area contributed by atoms with Crippen LogP contribution in [0.4, 0.5) is 0 Å². The lowest BCUT2D eigenvalue weighted by molar-refractivity contribution is -0.130. The molecule has 2 aliphatic heterocycles. The van der Waals surface area contributed by atoms with Crippen LogP contribution >= 0.6 is 11.8 Å². The summed E-state index contributed by atoms with van der Waals surface area (Å²) < 4.78 is 16.2. The molecule has 0 N–H and O–H groups in total. The number of hydrogen-bond donors (Lipinski definition) is 0. The summed E-state index contributed by atoms with van der Waals surface area (Å²) >= 11 is 1.64. The van der Waals surface area contributed by atoms with Crippen molar-refractivity contribution >= 4 is 23.6 Å². The van der Waals surface area contributed by atoms with Gasteiger partial charge in [-0.3, -0.25) is 9.59 Å². The van der Waals surface area contributed by atoms with Gasteiger partial charge in [-0.05, 0) is 56.0 Å². The largest absolute Gasteiger partial charge is 0.497 e. The molecule has 0 spiro atoms. The summed E-state index contributed by atoms with van der Waals surface area (Å²) in [6.07, 6.45) is 3.24. The molecule has 4 rings (SSSR count). The molecule has 2 fully saturated rings. The van der Waals surface area contributed by atoms with Gasteiger partial charge in [-0.25, -0.2) is 0 Å². The molecule has 0 bridgehead atoms. The van der Waals surface area contributed by atoms with Crippen LogP contribution in [0.25, 0.3) is 0 Å². The first kappa shape index (κ1) is 21.6. The molecule has 1 aromatic carbocycles. The van der Waals surface area contributed by atoms with Gasteiger partial charge in [0.1, 0.15) is 16.9 Å². The summed E-state index contributed by atoms with van der Waals surface area (Å²) in [5.41, 5.74) is 0.954. The van der Waals surface area contributed by atoms with Crippen LogP contribution in [-0.4, -0.2) is 60.7 Å². The zero-order chi connectivity index (χ0) is 22.0. The third-order valence-corrected chi connectivity index (χ3v) is 7.41. The Labute approximate surface area is 186 Å². The first-order valence-corrected chi connectivity index (χ1v) is 11.5. The number of benzene rings is 1. The van der Waals surface area contributed by atoms with Crippen molar-refractivity contribution in [2.75, 3.05) is 33.9 Å². The van der Waals surface area contributed by atoms with Crippen molar-refractivity contribution in [1.82, 2.24) is 9.80 Å². The Hall–Kier alpha value is -2.61. The van der Waals surface area contributed by atoms with E-state index in [9.17, 15) is 9.59 Å². The van der Waals surface area contributed by atoms with E-state index < -0.39 is 0 Å². The van der Waals surface area contributed by atoms with Crippen LogP contribution < -0.4 is 9.47 Å². The number of methoxy groups -OCH3 is 2. The first-order valence-electron chi connectivity index (χ1n) is 10.5. The predicted octanol–water partition coefficient (Wildman–Crippen LogP) is 3.81. The fourth-order valence-corrected chi connectivity index (χ4v) is 5.59. The number of piperidine rings is 1. The maximum Gasteiger partial charge on any atom is 0.289 e. The van der Waals surface area contributed by atoms with Gasteiger partial charge in [0.15, 0.2) is 5.76 Å². The Kier molecular flexibility index (Phi) is 6.46. The minimum absolute atomic E-state index is 0.0659. The van der Waals surface area contributed by atoms with Gasteiger partial charge >= 0.3 is 0 Å². The molecule has 2 atom stereocenters. The highest BCUT2D eigenvalue weighted by Gasteiger charge is 2.41. The molecule has 2 amide bonds. The fourth-order valence-electron chi connectivity index (χ4n) is 4.29. The molecule has 3 heterocycles. The maximum absolute atomic E-state index is 13.0. The molecule has 0 radical (unpaired) electrons. The van der Waals surface area contributed by atoms with Crippen molar-refractivity contribution in [3.05, 3.63) is 47.9 Å². The number of rotatable bonds is 6. The Balaban J connectivity index is 1.46. The van der Waals surface area contributed by atoms with E-state index in [1.807, 2.05) is 34.9 Å². The summed E-state index contributed by atoms with van der Waals surface area (Å²) in [5.74, 6) is 2.30. The third-order valence-electron chi connectivity index (χ3n) is 6.04. The topological polar surface area (TPSA) is 72.2 Å². The van der Waals surface area contributed by atoms with Crippen LogP contribution in [0.3, 0.4) is 0 Å². The van der Waals surface area contributed by atoms with Crippen LogP contribution in [0.5, 0.6) is 11.5 Å². The van der Waals surface area contributed by atoms with Crippen LogP contribution in [0, 0.1) is 5.92 Å². The Morgan fingerprint density at radius 2 is 1.97 bits per heavy atom. The van der Waals surface area contributed by atoms with E-state index in [4.69, 9.17) is 13.9 Å². The molecule has 31 heavy (non-hydrogen) atoms. The molecular formula is C23H28N2O5S. The lowest BCUT2D eigenvalue weighted by atomic mass is 9.95. The van der Waals surface area contributed by atoms with Crippen molar-refractivity contribution in [2.24, 2.45) is 5.92 Å². The molecule has 2 saturated heterocycles. The second-order valence-corrected chi connectivity index (χ2v) is 9.37. The van der Waals surface area contributed by atoms with Gasteiger partial charge in [0.25, 0.3) is 5.91 Å². The smallest absolute Gasteiger partial charge is 0.289 e. The lowest BCUT2D eigenvalue weighted by Gasteiger charge is -2.35. The SMILES string of the molecule is COc1ccc(OC)c(C2SC(C)C(=O)N2CC2CCN(C(=O)c3ccco3)CC2)c1. The molecule has 2 aromatic rings. The van der Waals surface area contributed by atoms with E-state index in [0.29, 0.717) is 31.3 Å². The average Bonchev–Trinajstić information content (AvgIpc) is 3.43. The number of amides is 2. The van der Waals surface area contributed by atoms with Gasteiger partial charge in [-0.1, -0.05) is 0 Å². The molecule has 0 aliphatic carbocycles. The first-order chi connectivity index (χ1) is 15.0. The van der Waals surface area contributed by atoms with Crippen molar-refractivity contribution < 1.29 is 23.5 Å². The summed E-state index contributed by atoms with van der Waals surface area (Å²) in [6, 6.07) is 9.13. The van der Waals surface area contributed by atoms with Gasteiger partial charge < -0.3 is 23.7 Å².